The lowest BCUT2D eigenvalue weighted by Gasteiger charge is -2.10. The zero-order valence-electron chi connectivity index (χ0n) is 17.1. The molecule has 0 radical (unpaired) electrons. The fourth-order valence-corrected chi connectivity index (χ4v) is 5.57. The predicted octanol–water partition coefficient (Wildman–Crippen LogP) is 4.52. The standard InChI is InChI=1S/C22H25N3O3S2/c1-13(2)28-15-9-7-14(8-10-15)23-19(26)12-29-11-18-24-21(27)20-16-5-3-4-6-17(16)30-22(20)25-18/h7-10,13H,3-6,11-12H2,1-2H3,(H,23,26)(H,24,25,27). The molecule has 0 unspecified atom stereocenters. The molecule has 0 aliphatic heterocycles. The van der Waals surface area contributed by atoms with Gasteiger partial charge in [-0.3, -0.25) is 9.59 Å². The molecule has 2 heterocycles. The lowest BCUT2D eigenvalue weighted by Crippen LogP contribution is -2.15. The Hall–Kier alpha value is -2.32. The van der Waals surface area contributed by atoms with Gasteiger partial charge in [0.1, 0.15) is 16.4 Å². The highest BCUT2D eigenvalue weighted by atomic mass is 32.2. The quantitative estimate of drug-likeness (QED) is 0.561. The summed E-state index contributed by atoms with van der Waals surface area (Å²) in [4.78, 5) is 34.5. The van der Waals surface area contributed by atoms with E-state index < -0.39 is 0 Å². The molecule has 6 nitrogen and oxygen atoms in total. The Kier molecular flexibility index (Phi) is 6.43. The minimum atomic E-state index is -0.0902. The third-order valence-electron chi connectivity index (χ3n) is 4.86. The number of nitrogens with one attached hydrogen (secondary N) is 2. The predicted molar refractivity (Wildman–Crippen MR) is 124 cm³/mol. The first-order chi connectivity index (χ1) is 14.5. The Bertz CT molecular complexity index is 1100. The van der Waals surface area contributed by atoms with E-state index in [0.29, 0.717) is 11.6 Å². The topological polar surface area (TPSA) is 84.1 Å². The number of amides is 1. The van der Waals surface area contributed by atoms with E-state index in [1.54, 1.807) is 11.3 Å². The van der Waals surface area contributed by atoms with Gasteiger partial charge < -0.3 is 15.0 Å². The molecule has 1 aliphatic rings. The van der Waals surface area contributed by atoms with Crippen molar-refractivity contribution in [3.05, 3.63) is 50.9 Å². The van der Waals surface area contributed by atoms with Gasteiger partial charge >= 0.3 is 0 Å². The van der Waals surface area contributed by atoms with Crippen molar-refractivity contribution < 1.29 is 9.53 Å². The van der Waals surface area contributed by atoms with Crippen molar-refractivity contribution in [2.45, 2.75) is 51.4 Å². The monoisotopic (exact) mass is 443 g/mol. The molecule has 3 aromatic rings. The van der Waals surface area contributed by atoms with Crippen LogP contribution in [-0.2, 0) is 23.4 Å². The lowest BCUT2D eigenvalue weighted by atomic mass is 9.97. The molecule has 0 spiro atoms. The van der Waals surface area contributed by atoms with Crippen LogP contribution in [0.15, 0.2) is 29.1 Å². The molecule has 2 aromatic heterocycles. The van der Waals surface area contributed by atoms with Crippen molar-refractivity contribution in [3.8, 4) is 5.75 Å². The fourth-order valence-electron chi connectivity index (χ4n) is 3.60. The number of rotatable bonds is 7. The number of carbonyl (C=O) groups excluding carboxylic acids is 1. The van der Waals surface area contributed by atoms with Gasteiger partial charge in [0.05, 0.1) is 23.0 Å². The van der Waals surface area contributed by atoms with Crippen molar-refractivity contribution >= 4 is 44.9 Å². The van der Waals surface area contributed by atoms with Crippen LogP contribution in [-0.4, -0.2) is 27.7 Å². The van der Waals surface area contributed by atoms with Crippen molar-refractivity contribution in [1.82, 2.24) is 9.97 Å². The van der Waals surface area contributed by atoms with Gasteiger partial charge in [-0.15, -0.1) is 23.1 Å². The summed E-state index contributed by atoms with van der Waals surface area (Å²) in [6.45, 7) is 3.94. The number of fused-ring (bicyclic) bond motifs is 3. The number of H-pyrrole nitrogens is 1. The molecule has 158 valence electrons. The van der Waals surface area contributed by atoms with Crippen LogP contribution in [0.4, 0.5) is 5.69 Å². The van der Waals surface area contributed by atoms with Crippen LogP contribution in [0.3, 0.4) is 0 Å². The fraction of sp³-hybridized carbons (Fsp3) is 0.409. The molecule has 4 rings (SSSR count). The van der Waals surface area contributed by atoms with Gasteiger partial charge in [-0.1, -0.05) is 0 Å². The Morgan fingerprint density at radius 2 is 2.03 bits per heavy atom. The van der Waals surface area contributed by atoms with Gasteiger partial charge in [0.25, 0.3) is 5.56 Å². The molecule has 2 N–H and O–H groups in total. The summed E-state index contributed by atoms with van der Waals surface area (Å²) in [5.74, 6) is 2.08. The van der Waals surface area contributed by atoms with Crippen molar-refractivity contribution in [3.63, 3.8) is 0 Å². The number of thioether (sulfide) groups is 1. The first-order valence-electron chi connectivity index (χ1n) is 10.2. The van der Waals surface area contributed by atoms with Gasteiger partial charge in [-0.05, 0) is 69.4 Å². The van der Waals surface area contributed by atoms with Crippen LogP contribution in [0.25, 0.3) is 10.2 Å². The number of aryl methyl sites for hydroxylation is 2. The zero-order valence-corrected chi connectivity index (χ0v) is 18.8. The van der Waals surface area contributed by atoms with Gasteiger partial charge in [0.15, 0.2) is 0 Å². The normalized spacial score (nSPS) is 13.4. The van der Waals surface area contributed by atoms with Crippen molar-refractivity contribution in [2.24, 2.45) is 0 Å². The van der Waals surface area contributed by atoms with E-state index in [2.05, 4.69) is 15.3 Å². The molecule has 8 heteroatoms. The summed E-state index contributed by atoms with van der Waals surface area (Å²) < 4.78 is 5.60. The average molecular weight is 444 g/mol. The first kappa shape index (κ1) is 20.9. The molecule has 1 aromatic carbocycles. The van der Waals surface area contributed by atoms with Crippen LogP contribution in [0.2, 0.25) is 0 Å². The van der Waals surface area contributed by atoms with E-state index in [0.717, 1.165) is 40.9 Å². The van der Waals surface area contributed by atoms with Crippen LogP contribution < -0.4 is 15.6 Å². The second-order valence-corrected chi connectivity index (χ2v) is 9.70. The molecular formula is C22H25N3O3S2. The number of anilines is 1. The Morgan fingerprint density at radius 3 is 2.80 bits per heavy atom. The highest BCUT2D eigenvalue weighted by Crippen LogP contribution is 2.33. The molecule has 30 heavy (non-hydrogen) atoms. The Morgan fingerprint density at radius 1 is 1.27 bits per heavy atom. The van der Waals surface area contributed by atoms with Gasteiger partial charge in [-0.25, -0.2) is 4.98 Å². The Labute approximate surface area is 183 Å². The largest absolute Gasteiger partial charge is 0.491 e. The molecule has 1 amide bonds. The number of aromatic nitrogens is 2. The number of thiophene rings is 1. The summed E-state index contributed by atoms with van der Waals surface area (Å²) in [6, 6.07) is 7.33. The number of aromatic amines is 1. The van der Waals surface area contributed by atoms with Gasteiger partial charge in [0.2, 0.25) is 5.91 Å². The second-order valence-electron chi connectivity index (χ2n) is 7.64. The van der Waals surface area contributed by atoms with Crippen LogP contribution in [0, 0.1) is 0 Å². The molecular weight excluding hydrogens is 418 g/mol. The molecule has 0 fully saturated rings. The summed E-state index contributed by atoms with van der Waals surface area (Å²) in [6.07, 6.45) is 4.45. The number of ether oxygens (including phenoxy) is 1. The number of nitrogens with zero attached hydrogens (tertiary/aromatic N) is 1. The third-order valence-corrected chi connectivity index (χ3v) is 6.99. The van der Waals surface area contributed by atoms with E-state index in [-0.39, 0.29) is 23.3 Å². The first-order valence-corrected chi connectivity index (χ1v) is 12.1. The Balaban J connectivity index is 1.33. The maximum Gasteiger partial charge on any atom is 0.259 e. The van der Waals surface area contributed by atoms with E-state index >= 15 is 0 Å². The molecule has 0 saturated heterocycles. The molecule has 0 saturated carbocycles. The number of hydrogen-bond donors (Lipinski definition) is 2. The third kappa shape index (κ3) is 4.87. The molecule has 0 bridgehead atoms. The summed E-state index contributed by atoms with van der Waals surface area (Å²) in [7, 11) is 0. The van der Waals surface area contributed by atoms with E-state index in [9.17, 15) is 9.59 Å². The maximum absolute atomic E-state index is 12.6. The van der Waals surface area contributed by atoms with Crippen LogP contribution in [0.5, 0.6) is 5.75 Å². The number of benzene rings is 1. The highest BCUT2D eigenvalue weighted by molar-refractivity contribution is 7.99. The zero-order chi connectivity index (χ0) is 21.1. The number of hydrogen-bond acceptors (Lipinski definition) is 6. The maximum atomic E-state index is 12.6. The highest BCUT2D eigenvalue weighted by Gasteiger charge is 2.19. The average Bonchev–Trinajstić information content (AvgIpc) is 3.08. The summed E-state index contributed by atoms with van der Waals surface area (Å²) >= 11 is 3.08. The summed E-state index contributed by atoms with van der Waals surface area (Å²) in [5.41, 5.74) is 1.87. The van der Waals surface area contributed by atoms with E-state index in [4.69, 9.17) is 4.74 Å². The second kappa shape index (κ2) is 9.22. The SMILES string of the molecule is CC(C)Oc1ccc(NC(=O)CSCc2nc3sc4c(c3c(=O)[nH]2)CCCC4)cc1. The van der Waals surface area contributed by atoms with Crippen LogP contribution >= 0.6 is 23.1 Å². The number of carbonyl (C=O) groups is 1. The molecule has 0 atom stereocenters. The smallest absolute Gasteiger partial charge is 0.259 e. The van der Waals surface area contributed by atoms with Crippen molar-refractivity contribution in [2.75, 3.05) is 11.1 Å². The molecule has 1 aliphatic carbocycles. The van der Waals surface area contributed by atoms with E-state index in [1.807, 2.05) is 38.1 Å². The van der Waals surface area contributed by atoms with Crippen LogP contribution in [0.1, 0.15) is 43.0 Å². The van der Waals surface area contributed by atoms with Gasteiger partial charge in [-0.2, -0.15) is 0 Å². The van der Waals surface area contributed by atoms with Crippen molar-refractivity contribution in [1.29, 1.82) is 0 Å². The van der Waals surface area contributed by atoms with E-state index in [1.165, 1.54) is 28.6 Å². The minimum absolute atomic E-state index is 0.0526. The van der Waals surface area contributed by atoms with Gasteiger partial charge in [0, 0.05) is 10.6 Å². The lowest BCUT2D eigenvalue weighted by molar-refractivity contribution is -0.113. The minimum Gasteiger partial charge on any atom is -0.491 e. The summed E-state index contributed by atoms with van der Waals surface area (Å²) in [5, 5.41) is 3.65.